The van der Waals surface area contributed by atoms with Gasteiger partial charge in [-0.3, -0.25) is 9.59 Å². The second-order valence-corrected chi connectivity index (χ2v) is 11.4. The second-order valence-electron chi connectivity index (χ2n) is 9.60. The summed E-state index contributed by atoms with van der Waals surface area (Å²) in [5.41, 5.74) is 7.00. The van der Waals surface area contributed by atoms with E-state index in [1.807, 2.05) is 37.3 Å². The van der Waals surface area contributed by atoms with Gasteiger partial charge >= 0.3 is 5.97 Å². The first-order valence-corrected chi connectivity index (χ1v) is 12.6. The summed E-state index contributed by atoms with van der Waals surface area (Å²) >= 11 is 1.78. The van der Waals surface area contributed by atoms with Crippen LogP contribution in [0.25, 0.3) is 0 Å². The van der Waals surface area contributed by atoms with Gasteiger partial charge in [0.2, 0.25) is 5.91 Å². The number of hydrogen-bond acceptors (Lipinski definition) is 5. The van der Waals surface area contributed by atoms with Crippen LogP contribution < -0.4 is 11.1 Å². The van der Waals surface area contributed by atoms with E-state index in [4.69, 9.17) is 10.5 Å². The van der Waals surface area contributed by atoms with Crippen molar-refractivity contribution < 1.29 is 14.3 Å². The Morgan fingerprint density at radius 2 is 1.87 bits per heavy atom. The van der Waals surface area contributed by atoms with Crippen LogP contribution in [0.4, 0.5) is 0 Å². The average Bonchev–Trinajstić information content (AvgIpc) is 2.76. The Labute approximate surface area is 192 Å². The first-order chi connectivity index (χ1) is 14.8. The molecule has 0 bridgehead atoms. The summed E-state index contributed by atoms with van der Waals surface area (Å²) in [4.78, 5) is 24.8. The highest BCUT2D eigenvalue weighted by Gasteiger charge is 2.33. The Morgan fingerprint density at radius 3 is 2.52 bits per heavy atom. The molecule has 0 radical (unpaired) electrons. The smallest absolute Gasteiger partial charge is 0.309 e. The van der Waals surface area contributed by atoms with Gasteiger partial charge in [-0.25, -0.2) is 0 Å². The van der Waals surface area contributed by atoms with Gasteiger partial charge < -0.3 is 15.8 Å². The molecule has 5 nitrogen and oxygen atoms in total. The minimum absolute atomic E-state index is 0.00426. The largest absolute Gasteiger partial charge is 0.461 e. The van der Waals surface area contributed by atoms with Crippen LogP contribution in [0.15, 0.2) is 30.3 Å². The lowest BCUT2D eigenvalue weighted by atomic mass is 9.72. The molecule has 3 N–H and O–H groups in total. The number of carbonyl (C=O) groups excluding carboxylic acids is 2. The molecule has 0 aromatic heterocycles. The molecule has 6 heteroatoms. The monoisotopic (exact) mass is 448 g/mol. The summed E-state index contributed by atoms with van der Waals surface area (Å²) in [6.45, 7) is 7.76. The number of carbonyl (C=O) groups is 2. The fraction of sp³-hybridized carbons (Fsp3) is 0.680. The van der Waals surface area contributed by atoms with Gasteiger partial charge in [-0.15, -0.1) is 0 Å². The number of amides is 1. The first-order valence-electron chi connectivity index (χ1n) is 11.6. The standard InChI is InChI=1S/C25H40N2O3S/c1-20(23(29)30-18-21-10-6-4-7-11-21)16-24(2,3)31-15-14-27-22(28)17-25(19-26)12-8-5-9-13-25/h4,6-7,10-11,20H,5,8-9,12-19,26H2,1-3H3,(H,27,28). The molecule has 1 aliphatic carbocycles. The van der Waals surface area contributed by atoms with Gasteiger partial charge in [-0.1, -0.05) is 70.4 Å². The molecule has 1 aromatic carbocycles. The van der Waals surface area contributed by atoms with Crippen LogP contribution in [-0.4, -0.2) is 35.5 Å². The van der Waals surface area contributed by atoms with Crippen LogP contribution in [0.5, 0.6) is 0 Å². The van der Waals surface area contributed by atoms with Crippen LogP contribution in [0.1, 0.15) is 71.3 Å². The van der Waals surface area contributed by atoms with Crippen molar-refractivity contribution in [3.05, 3.63) is 35.9 Å². The van der Waals surface area contributed by atoms with Crippen molar-refractivity contribution in [1.29, 1.82) is 0 Å². The summed E-state index contributed by atoms with van der Waals surface area (Å²) in [7, 11) is 0. The Morgan fingerprint density at radius 1 is 1.19 bits per heavy atom. The predicted octanol–water partition coefficient (Wildman–Crippen LogP) is 4.68. The summed E-state index contributed by atoms with van der Waals surface area (Å²) in [5, 5.41) is 3.07. The summed E-state index contributed by atoms with van der Waals surface area (Å²) in [6.07, 6.45) is 7.03. The van der Waals surface area contributed by atoms with Crippen LogP contribution in [0.2, 0.25) is 0 Å². The van der Waals surface area contributed by atoms with Crippen molar-refractivity contribution >= 4 is 23.6 Å². The maximum Gasteiger partial charge on any atom is 0.309 e. The number of ether oxygens (including phenoxy) is 1. The van der Waals surface area contributed by atoms with E-state index in [2.05, 4.69) is 19.2 Å². The van der Waals surface area contributed by atoms with Gasteiger partial charge in [0.15, 0.2) is 0 Å². The summed E-state index contributed by atoms with van der Waals surface area (Å²) in [5.74, 6) is 0.602. The number of benzene rings is 1. The fourth-order valence-corrected chi connectivity index (χ4v) is 5.55. The molecule has 1 atom stereocenters. The number of nitrogens with one attached hydrogen (secondary N) is 1. The van der Waals surface area contributed by atoms with Gasteiger partial charge in [0.05, 0.1) is 5.92 Å². The quantitative estimate of drug-likeness (QED) is 0.358. The van der Waals surface area contributed by atoms with Crippen LogP contribution in [-0.2, 0) is 20.9 Å². The van der Waals surface area contributed by atoms with E-state index in [0.717, 1.165) is 30.6 Å². The highest BCUT2D eigenvalue weighted by atomic mass is 32.2. The molecule has 0 aliphatic heterocycles. The van der Waals surface area contributed by atoms with Gasteiger partial charge in [-0.2, -0.15) is 11.8 Å². The predicted molar refractivity (Wildman–Crippen MR) is 129 cm³/mol. The molecule has 1 fully saturated rings. The van der Waals surface area contributed by atoms with E-state index >= 15 is 0 Å². The lowest BCUT2D eigenvalue weighted by Crippen LogP contribution is -2.39. The van der Waals surface area contributed by atoms with Gasteiger partial charge in [0, 0.05) is 23.5 Å². The van der Waals surface area contributed by atoms with E-state index < -0.39 is 0 Å². The van der Waals surface area contributed by atoms with Crippen molar-refractivity contribution in [2.24, 2.45) is 17.1 Å². The normalized spacial score (nSPS) is 17.0. The Balaban J connectivity index is 1.66. The number of hydrogen-bond donors (Lipinski definition) is 2. The maximum atomic E-state index is 12.4. The van der Waals surface area contributed by atoms with Crippen molar-refractivity contribution in [3.8, 4) is 0 Å². The number of esters is 1. The third kappa shape index (κ3) is 9.24. The molecule has 1 saturated carbocycles. The Bertz CT molecular complexity index is 687. The number of thioether (sulfide) groups is 1. The van der Waals surface area contributed by atoms with Crippen molar-refractivity contribution in [2.75, 3.05) is 18.8 Å². The Hall–Kier alpha value is -1.53. The molecular formula is C25H40N2O3S. The first kappa shape index (κ1) is 25.7. The number of nitrogens with two attached hydrogens (primary N) is 1. The van der Waals surface area contributed by atoms with E-state index in [9.17, 15) is 9.59 Å². The molecule has 0 heterocycles. The third-order valence-electron chi connectivity index (χ3n) is 6.22. The second kappa shape index (κ2) is 12.5. The van der Waals surface area contributed by atoms with Crippen molar-refractivity contribution in [3.63, 3.8) is 0 Å². The summed E-state index contributed by atoms with van der Waals surface area (Å²) in [6, 6.07) is 9.74. The topological polar surface area (TPSA) is 81.4 Å². The SMILES string of the molecule is CC(CC(C)(C)SCCNC(=O)CC1(CN)CCCCC1)C(=O)OCc1ccccc1. The molecule has 0 saturated heterocycles. The van der Waals surface area contributed by atoms with E-state index in [0.29, 0.717) is 26.1 Å². The molecule has 0 spiro atoms. The zero-order valence-electron chi connectivity index (χ0n) is 19.5. The van der Waals surface area contributed by atoms with Crippen molar-refractivity contribution in [2.45, 2.75) is 77.1 Å². The maximum absolute atomic E-state index is 12.4. The van der Waals surface area contributed by atoms with Crippen LogP contribution in [0.3, 0.4) is 0 Å². The Kier molecular flexibility index (Phi) is 10.4. The molecular weight excluding hydrogens is 408 g/mol. The highest BCUT2D eigenvalue weighted by Crippen LogP contribution is 2.38. The fourth-order valence-electron chi connectivity index (χ4n) is 4.43. The van der Waals surface area contributed by atoms with Crippen LogP contribution in [0, 0.1) is 11.3 Å². The van der Waals surface area contributed by atoms with E-state index in [1.165, 1.54) is 19.3 Å². The van der Waals surface area contributed by atoms with E-state index in [1.54, 1.807) is 11.8 Å². The summed E-state index contributed by atoms with van der Waals surface area (Å²) < 4.78 is 5.40. The molecule has 2 rings (SSSR count). The minimum atomic E-state index is -0.170. The minimum Gasteiger partial charge on any atom is -0.461 e. The van der Waals surface area contributed by atoms with E-state index in [-0.39, 0.29) is 28.0 Å². The lowest BCUT2D eigenvalue weighted by Gasteiger charge is -2.35. The average molecular weight is 449 g/mol. The van der Waals surface area contributed by atoms with Gasteiger partial charge in [-0.05, 0) is 36.8 Å². The van der Waals surface area contributed by atoms with Crippen LogP contribution >= 0.6 is 11.8 Å². The number of rotatable bonds is 12. The molecule has 174 valence electrons. The molecule has 1 aliphatic rings. The zero-order chi connectivity index (χ0) is 22.7. The zero-order valence-corrected chi connectivity index (χ0v) is 20.3. The highest BCUT2D eigenvalue weighted by molar-refractivity contribution is 8.00. The van der Waals surface area contributed by atoms with Crippen molar-refractivity contribution in [1.82, 2.24) is 5.32 Å². The lowest BCUT2D eigenvalue weighted by molar-refractivity contribution is -0.149. The molecule has 1 unspecified atom stereocenters. The molecule has 1 aromatic rings. The third-order valence-corrected chi connectivity index (χ3v) is 7.58. The van der Waals surface area contributed by atoms with Gasteiger partial charge in [0.25, 0.3) is 0 Å². The van der Waals surface area contributed by atoms with Gasteiger partial charge in [0.1, 0.15) is 6.61 Å². The molecule has 31 heavy (non-hydrogen) atoms. The molecule has 1 amide bonds.